The van der Waals surface area contributed by atoms with Crippen molar-refractivity contribution in [2.45, 2.75) is 347 Å². The third kappa shape index (κ3) is 73.5. The molecule has 97 heavy (non-hydrogen) atoms. The van der Waals surface area contributed by atoms with Crippen LogP contribution in [-0.4, -0.2) is 95.9 Å². The summed E-state index contributed by atoms with van der Waals surface area (Å²) in [6.45, 7) is 2.54. The summed E-state index contributed by atoms with van der Waals surface area (Å²) in [5.74, 6) is -1.59. The normalized spacial score (nSPS) is 14.6. The van der Waals surface area contributed by atoms with Crippen molar-refractivity contribution in [2.24, 2.45) is 0 Å². The average molecular weight is 1410 g/mol. The SMILES string of the molecule is CC/C=C\C/C=C\C/C=C\CCCCCCCCCC(=O)OCC(COP(=O)(O)OCC(O)COP(=O)(O)OCC(O)COC(=O)CCCCCCCCCCCCCCC/C=C\C/C=C\C/C=C\C/C=C\CCCCC)OC(=O)CCCCCCC/C=C\CCCCCCCC. The first-order chi connectivity index (χ1) is 47.2. The van der Waals surface area contributed by atoms with E-state index in [0.29, 0.717) is 19.3 Å². The second-order valence-electron chi connectivity index (χ2n) is 25.8. The third-order valence-electron chi connectivity index (χ3n) is 16.3. The highest BCUT2D eigenvalue weighted by molar-refractivity contribution is 7.47. The van der Waals surface area contributed by atoms with E-state index in [1.165, 1.54) is 122 Å². The number of ether oxygens (including phenoxy) is 3. The number of hydrogen-bond acceptors (Lipinski definition) is 14. The lowest BCUT2D eigenvalue weighted by Crippen LogP contribution is -2.30. The van der Waals surface area contributed by atoms with E-state index in [1.807, 2.05) is 0 Å². The Morgan fingerprint density at radius 2 is 0.546 bits per heavy atom. The molecule has 0 aromatic carbocycles. The van der Waals surface area contributed by atoms with Crippen LogP contribution in [0.2, 0.25) is 0 Å². The number of aliphatic hydroxyl groups excluding tert-OH is 2. The highest BCUT2D eigenvalue weighted by Crippen LogP contribution is 2.45. The summed E-state index contributed by atoms with van der Waals surface area (Å²) in [6.07, 6.45) is 81.7. The van der Waals surface area contributed by atoms with Gasteiger partial charge in [-0.3, -0.25) is 32.5 Å². The minimum atomic E-state index is -4.93. The number of rotatable bonds is 73. The number of phosphoric acid groups is 2. The maximum Gasteiger partial charge on any atom is 0.472 e. The molecule has 0 saturated carbocycles. The van der Waals surface area contributed by atoms with Crippen LogP contribution in [0.3, 0.4) is 0 Å². The van der Waals surface area contributed by atoms with E-state index >= 15 is 0 Å². The topological polar surface area (TPSA) is 231 Å². The molecular weight excluding hydrogens is 1270 g/mol. The van der Waals surface area contributed by atoms with Crippen LogP contribution in [0.1, 0.15) is 329 Å². The van der Waals surface area contributed by atoms with Crippen LogP contribution in [0.4, 0.5) is 0 Å². The van der Waals surface area contributed by atoms with Crippen molar-refractivity contribution in [3.05, 3.63) is 97.2 Å². The molecule has 0 radical (unpaired) electrons. The highest BCUT2D eigenvalue weighted by Gasteiger charge is 2.29. The molecule has 5 atom stereocenters. The second-order valence-corrected chi connectivity index (χ2v) is 28.7. The monoisotopic (exact) mass is 1410 g/mol. The second kappa shape index (κ2) is 72.3. The number of hydrogen-bond donors (Lipinski definition) is 4. The molecule has 0 amide bonds. The summed E-state index contributed by atoms with van der Waals surface area (Å²) in [5.41, 5.74) is 0. The zero-order valence-corrected chi connectivity index (χ0v) is 63.0. The average Bonchev–Trinajstić information content (AvgIpc) is 1.63. The fourth-order valence-corrected chi connectivity index (χ4v) is 12.0. The molecule has 4 N–H and O–H groups in total. The molecule has 0 aliphatic rings. The maximum atomic E-state index is 12.9. The molecule has 0 bridgehead atoms. The first-order valence-electron chi connectivity index (χ1n) is 38.5. The molecule has 0 rings (SSSR count). The van der Waals surface area contributed by atoms with Crippen molar-refractivity contribution < 1.29 is 75.8 Å². The lowest BCUT2D eigenvalue weighted by molar-refractivity contribution is -0.161. The van der Waals surface area contributed by atoms with Gasteiger partial charge in [-0.05, 0) is 122 Å². The summed E-state index contributed by atoms with van der Waals surface area (Å²) in [5, 5.41) is 20.6. The van der Waals surface area contributed by atoms with Gasteiger partial charge in [0, 0.05) is 19.3 Å². The molecule has 5 unspecified atom stereocenters. The Morgan fingerprint density at radius 1 is 0.299 bits per heavy atom. The van der Waals surface area contributed by atoms with Crippen LogP contribution in [0.5, 0.6) is 0 Å². The van der Waals surface area contributed by atoms with Gasteiger partial charge in [0.15, 0.2) is 6.10 Å². The summed E-state index contributed by atoms with van der Waals surface area (Å²) >= 11 is 0. The van der Waals surface area contributed by atoms with Gasteiger partial charge in [-0.25, -0.2) is 9.13 Å². The summed E-state index contributed by atoms with van der Waals surface area (Å²) in [4.78, 5) is 58.5. The van der Waals surface area contributed by atoms with Crippen molar-refractivity contribution in [1.82, 2.24) is 0 Å². The number of carbonyl (C=O) groups is 3. The molecule has 0 aromatic heterocycles. The van der Waals surface area contributed by atoms with E-state index in [4.69, 9.17) is 32.3 Å². The third-order valence-corrected chi connectivity index (χ3v) is 18.2. The molecule has 0 spiro atoms. The van der Waals surface area contributed by atoms with Crippen LogP contribution in [0, 0.1) is 0 Å². The van der Waals surface area contributed by atoms with Crippen molar-refractivity contribution in [3.63, 3.8) is 0 Å². The number of esters is 3. The quantitative estimate of drug-likeness (QED) is 0.0146. The number of carbonyl (C=O) groups excluding carboxylic acids is 3. The maximum absolute atomic E-state index is 12.9. The predicted octanol–water partition coefficient (Wildman–Crippen LogP) is 22.2. The van der Waals surface area contributed by atoms with Gasteiger partial charge < -0.3 is 34.2 Å². The zero-order chi connectivity index (χ0) is 70.9. The smallest absolute Gasteiger partial charge is 0.463 e. The molecule has 0 aliphatic heterocycles. The lowest BCUT2D eigenvalue weighted by atomic mass is 10.0. The fraction of sp³-hybridized carbons (Fsp3) is 0.759. The van der Waals surface area contributed by atoms with Gasteiger partial charge in [0.25, 0.3) is 0 Å². The van der Waals surface area contributed by atoms with Gasteiger partial charge in [-0.1, -0.05) is 285 Å². The van der Waals surface area contributed by atoms with Crippen molar-refractivity contribution in [3.8, 4) is 0 Å². The van der Waals surface area contributed by atoms with Crippen molar-refractivity contribution in [1.29, 1.82) is 0 Å². The van der Waals surface area contributed by atoms with Gasteiger partial charge in [-0.15, -0.1) is 0 Å². The van der Waals surface area contributed by atoms with Gasteiger partial charge in [0.1, 0.15) is 25.4 Å². The van der Waals surface area contributed by atoms with E-state index in [1.54, 1.807) is 0 Å². The molecule has 0 saturated heterocycles. The number of unbranched alkanes of at least 4 members (excludes halogenated alkanes) is 34. The van der Waals surface area contributed by atoms with Crippen LogP contribution >= 0.6 is 15.6 Å². The first kappa shape index (κ1) is 93.5. The summed E-state index contributed by atoms with van der Waals surface area (Å²) in [7, 11) is -9.78. The van der Waals surface area contributed by atoms with Gasteiger partial charge in [0.05, 0.1) is 26.4 Å². The van der Waals surface area contributed by atoms with Crippen LogP contribution in [-0.2, 0) is 55.8 Å². The Balaban J connectivity index is 4.49. The lowest BCUT2D eigenvalue weighted by Gasteiger charge is -2.21. The Morgan fingerprint density at radius 3 is 0.897 bits per heavy atom. The van der Waals surface area contributed by atoms with E-state index in [0.717, 1.165) is 148 Å². The Labute approximate surface area is 590 Å². The molecule has 562 valence electrons. The number of aliphatic hydroxyl groups is 2. The van der Waals surface area contributed by atoms with Gasteiger partial charge in [0.2, 0.25) is 0 Å². The standard InChI is InChI=1S/C79H140O16P2/c1-4-7-10-13-16-19-22-25-28-30-31-32-33-34-35-36-37-38-39-40-41-43-46-47-50-53-56-59-62-65-77(82)89-68-74(80)69-91-96(85,86)92-70-75(81)71-93-97(87,88)94-73-76(95-79(84)67-64-61-58-55-52-49-44-27-24-21-18-15-12-9-6-3)72-90-78(83)66-63-60-57-54-51-48-45-42-29-26-23-20-17-14-11-8-5-2/h8,11,16-17,19-20,25-29,31-32,34-35,44,74-76,80-81H,4-7,9-10,12-15,18,21-24,30,33,36-43,45-73H2,1-3H3,(H,85,86)(H,87,88)/b11-8-,19-16-,20-17-,28-25-,29-26-,32-31-,35-34-,44-27-. The Kier molecular flexibility index (Phi) is 69.6. The minimum absolute atomic E-state index is 0.0931. The molecular formula is C79H140O16P2. The van der Waals surface area contributed by atoms with E-state index in [9.17, 15) is 43.5 Å². The van der Waals surface area contributed by atoms with E-state index in [2.05, 4.69) is 118 Å². The van der Waals surface area contributed by atoms with Crippen molar-refractivity contribution >= 4 is 33.6 Å². The largest absolute Gasteiger partial charge is 0.472 e. The van der Waals surface area contributed by atoms with Crippen LogP contribution in [0.15, 0.2) is 97.2 Å². The number of phosphoric ester groups is 2. The van der Waals surface area contributed by atoms with Gasteiger partial charge >= 0.3 is 33.6 Å². The summed E-state index contributed by atoms with van der Waals surface area (Å²) in [6, 6.07) is 0. The fourth-order valence-electron chi connectivity index (χ4n) is 10.4. The Hall–Kier alpha value is -3.53. The van der Waals surface area contributed by atoms with E-state index in [-0.39, 0.29) is 19.3 Å². The van der Waals surface area contributed by atoms with E-state index < -0.39 is 91.5 Å². The Bertz CT molecular complexity index is 2150. The summed E-state index contributed by atoms with van der Waals surface area (Å²) < 4.78 is 61.1. The van der Waals surface area contributed by atoms with Crippen LogP contribution < -0.4 is 0 Å². The zero-order valence-electron chi connectivity index (χ0n) is 61.2. The van der Waals surface area contributed by atoms with Gasteiger partial charge in [-0.2, -0.15) is 0 Å². The highest BCUT2D eigenvalue weighted by atomic mass is 31.2. The minimum Gasteiger partial charge on any atom is -0.463 e. The predicted molar refractivity (Wildman–Crippen MR) is 399 cm³/mol. The molecule has 0 fully saturated rings. The number of allylic oxidation sites excluding steroid dienone is 16. The molecule has 0 aromatic rings. The molecule has 0 aliphatic carbocycles. The first-order valence-corrected chi connectivity index (χ1v) is 41.5. The van der Waals surface area contributed by atoms with Crippen molar-refractivity contribution in [2.75, 3.05) is 39.6 Å². The molecule has 16 nitrogen and oxygen atoms in total. The van der Waals surface area contributed by atoms with Crippen LogP contribution in [0.25, 0.3) is 0 Å². The molecule has 18 heteroatoms. The molecule has 0 heterocycles.